The number of hydrogen-bond acceptors (Lipinski definition) is 7. The number of esters is 1. The van der Waals surface area contributed by atoms with Crippen molar-refractivity contribution >= 4 is 40.4 Å². The number of ether oxygens (including phenoxy) is 1. The van der Waals surface area contributed by atoms with Gasteiger partial charge in [0.25, 0.3) is 5.56 Å². The van der Waals surface area contributed by atoms with Crippen LogP contribution in [0.15, 0.2) is 58.6 Å². The minimum absolute atomic E-state index is 0.0633. The number of para-hydroxylation sites is 1. The van der Waals surface area contributed by atoms with Crippen molar-refractivity contribution in [1.82, 2.24) is 19.3 Å². The van der Waals surface area contributed by atoms with Crippen LogP contribution in [-0.2, 0) is 9.53 Å². The Balaban J connectivity index is 1.44. The van der Waals surface area contributed by atoms with E-state index >= 15 is 0 Å². The van der Waals surface area contributed by atoms with Crippen molar-refractivity contribution < 1.29 is 14.3 Å². The number of aryl methyl sites for hydroxylation is 2. The van der Waals surface area contributed by atoms with Gasteiger partial charge in [0.05, 0.1) is 36.3 Å². The van der Waals surface area contributed by atoms with Crippen molar-refractivity contribution in [3.05, 3.63) is 75.7 Å². The first-order valence-corrected chi connectivity index (χ1v) is 12.0. The molecule has 1 amide bonds. The van der Waals surface area contributed by atoms with Crippen LogP contribution in [0, 0.1) is 13.8 Å². The molecule has 2 aromatic heterocycles. The molecule has 1 N–H and O–H groups in total. The lowest BCUT2D eigenvalue weighted by atomic mass is 10.1. The Bertz CT molecular complexity index is 1540. The zero-order chi connectivity index (χ0) is 24.7. The summed E-state index contributed by atoms with van der Waals surface area (Å²) >= 11 is 1.44. The number of amides is 1. The van der Waals surface area contributed by atoms with E-state index in [4.69, 9.17) is 9.72 Å². The van der Waals surface area contributed by atoms with Gasteiger partial charge < -0.3 is 10.1 Å². The minimum atomic E-state index is -0.536. The predicted molar refractivity (Wildman–Crippen MR) is 133 cm³/mol. The summed E-state index contributed by atoms with van der Waals surface area (Å²) in [5, 5.41) is 8.18. The van der Waals surface area contributed by atoms with Crippen molar-refractivity contribution in [2.75, 3.05) is 18.2 Å². The van der Waals surface area contributed by atoms with Crippen LogP contribution in [0.3, 0.4) is 0 Å². The molecule has 35 heavy (non-hydrogen) atoms. The zero-order valence-electron chi connectivity index (χ0n) is 19.4. The van der Waals surface area contributed by atoms with Crippen LogP contribution in [0.25, 0.3) is 16.7 Å². The molecule has 1 aliphatic rings. The number of methoxy groups -OCH3 is 1. The summed E-state index contributed by atoms with van der Waals surface area (Å²) in [6, 6.07) is 12.3. The predicted octanol–water partition coefficient (Wildman–Crippen LogP) is 3.66. The van der Waals surface area contributed by atoms with Crippen LogP contribution in [0.1, 0.15) is 33.9 Å². The first-order valence-electron chi connectivity index (χ1n) is 11.0. The van der Waals surface area contributed by atoms with E-state index in [0.29, 0.717) is 27.6 Å². The third-order valence-electron chi connectivity index (χ3n) is 5.98. The van der Waals surface area contributed by atoms with Gasteiger partial charge in [-0.1, -0.05) is 41.6 Å². The van der Waals surface area contributed by atoms with Crippen molar-refractivity contribution in [1.29, 1.82) is 0 Å². The fourth-order valence-electron chi connectivity index (χ4n) is 4.30. The third-order valence-corrected chi connectivity index (χ3v) is 7.08. The van der Waals surface area contributed by atoms with Gasteiger partial charge in [-0.3, -0.25) is 14.2 Å². The lowest BCUT2D eigenvalue weighted by Gasteiger charge is -2.15. The highest BCUT2D eigenvalue weighted by Crippen LogP contribution is 2.34. The van der Waals surface area contributed by atoms with Crippen LogP contribution in [0.2, 0.25) is 0 Å². The van der Waals surface area contributed by atoms with Gasteiger partial charge in [0.2, 0.25) is 5.91 Å². The van der Waals surface area contributed by atoms with Crippen LogP contribution in [0.5, 0.6) is 0 Å². The molecule has 2 aromatic carbocycles. The molecule has 0 bridgehead atoms. The van der Waals surface area contributed by atoms with Crippen molar-refractivity contribution in [2.45, 2.75) is 31.5 Å². The lowest BCUT2D eigenvalue weighted by molar-refractivity contribution is -0.116. The highest BCUT2D eigenvalue weighted by Gasteiger charge is 2.30. The number of rotatable bonds is 5. The average molecular weight is 490 g/mol. The Hall–Kier alpha value is -3.92. The standard InChI is InChI=1S/C25H23N5O4S/c1-14-8-9-20(15(2)10-14)30-22-18(12-26-30)23(32)29-16(13-35-25(29)28-22)11-21(31)27-19-7-5-4-6-17(19)24(33)34-3/h4-10,12,16H,11,13H2,1-3H3,(H,27,31). The van der Waals surface area contributed by atoms with Gasteiger partial charge in [-0.15, -0.1) is 0 Å². The SMILES string of the molecule is COC(=O)c1ccccc1NC(=O)CC1CSc2nc3c(cnn3-c3ccc(C)cc3C)c(=O)n21. The van der Waals surface area contributed by atoms with Crippen molar-refractivity contribution in [3.63, 3.8) is 0 Å². The second kappa shape index (κ2) is 9.03. The van der Waals surface area contributed by atoms with E-state index in [0.717, 1.165) is 16.8 Å². The molecule has 1 aliphatic heterocycles. The monoisotopic (exact) mass is 489 g/mol. The lowest BCUT2D eigenvalue weighted by Crippen LogP contribution is -2.28. The number of anilines is 1. The molecule has 4 aromatic rings. The van der Waals surface area contributed by atoms with Crippen LogP contribution >= 0.6 is 11.8 Å². The minimum Gasteiger partial charge on any atom is -0.465 e. The van der Waals surface area contributed by atoms with E-state index in [2.05, 4.69) is 16.5 Å². The van der Waals surface area contributed by atoms with Crippen LogP contribution < -0.4 is 10.9 Å². The smallest absolute Gasteiger partial charge is 0.339 e. The summed E-state index contributed by atoms with van der Waals surface area (Å²) in [5.41, 5.74) is 3.95. The summed E-state index contributed by atoms with van der Waals surface area (Å²) in [6.45, 7) is 4.02. The number of nitrogens with zero attached hydrogens (tertiary/aromatic N) is 4. The van der Waals surface area contributed by atoms with Gasteiger partial charge in [0, 0.05) is 12.2 Å². The number of carbonyl (C=O) groups excluding carboxylic acids is 2. The Morgan fingerprint density at radius 1 is 1.20 bits per heavy atom. The molecule has 178 valence electrons. The first-order chi connectivity index (χ1) is 16.9. The maximum absolute atomic E-state index is 13.4. The summed E-state index contributed by atoms with van der Waals surface area (Å²) < 4.78 is 8.05. The molecule has 0 saturated heterocycles. The molecule has 5 rings (SSSR count). The summed E-state index contributed by atoms with van der Waals surface area (Å²) in [7, 11) is 1.29. The van der Waals surface area contributed by atoms with Crippen LogP contribution in [0.4, 0.5) is 5.69 Å². The van der Waals surface area contributed by atoms with E-state index < -0.39 is 5.97 Å². The molecule has 1 unspecified atom stereocenters. The van der Waals surface area contributed by atoms with Gasteiger partial charge in [-0.2, -0.15) is 5.10 Å². The maximum atomic E-state index is 13.4. The quantitative estimate of drug-likeness (QED) is 0.337. The maximum Gasteiger partial charge on any atom is 0.339 e. The van der Waals surface area contributed by atoms with Crippen molar-refractivity contribution in [3.8, 4) is 5.69 Å². The number of aromatic nitrogens is 4. The molecule has 3 heterocycles. The van der Waals surface area contributed by atoms with Crippen molar-refractivity contribution in [2.24, 2.45) is 0 Å². The number of thioether (sulfide) groups is 1. The summed E-state index contributed by atoms with van der Waals surface area (Å²) in [4.78, 5) is 43.0. The van der Waals surface area contributed by atoms with Crippen LogP contribution in [-0.4, -0.2) is 44.1 Å². The second-order valence-electron chi connectivity index (χ2n) is 8.41. The fourth-order valence-corrected chi connectivity index (χ4v) is 5.43. The molecule has 9 nitrogen and oxygen atoms in total. The molecule has 0 radical (unpaired) electrons. The Kier molecular flexibility index (Phi) is 5.89. The molecule has 1 atom stereocenters. The molecule has 0 saturated carbocycles. The van der Waals surface area contributed by atoms with E-state index in [1.165, 1.54) is 25.1 Å². The van der Waals surface area contributed by atoms with E-state index in [9.17, 15) is 14.4 Å². The van der Waals surface area contributed by atoms with Gasteiger partial charge in [-0.25, -0.2) is 14.5 Å². The topological polar surface area (TPSA) is 108 Å². The highest BCUT2D eigenvalue weighted by atomic mass is 32.2. The third kappa shape index (κ3) is 4.10. The Labute approximate surface area is 205 Å². The molecular weight excluding hydrogens is 466 g/mol. The zero-order valence-corrected chi connectivity index (χ0v) is 20.3. The molecule has 10 heteroatoms. The van der Waals surface area contributed by atoms with Gasteiger partial charge in [-0.05, 0) is 37.6 Å². The van der Waals surface area contributed by atoms with Gasteiger partial charge in [0.1, 0.15) is 5.39 Å². The van der Waals surface area contributed by atoms with Gasteiger partial charge >= 0.3 is 5.97 Å². The summed E-state index contributed by atoms with van der Waals surface area (Å²) in [6.07, 6.45) is 1.60. The molecule has 0 aliphatic carbocycles. The Morgan fingerprint density at radius 2 is 2.00 bits per heavy atom. The largest absolute Gasteiger partial charge is 0.465 e. The second-order valence-corrected chi connectivity index (χ2v) is 9.39. The molecule has 0 spiro atoms. The number of carbonyl (C=O) groups is 2. The molecular formula is C25H23N5O4S. The normalized spacial score (nSPS) is 14.7. The van der Waals surface area contributed by atoms with E-state index in [1.54, 1.807) is 33.5 Å². The fraction of sp³-hybridized carbons (Fsp3) is 0.240. The number of nitrogens with one attached hydrogen (secondary N) is 1. The average Bonchev–Trinajstić information content (AvgIpc) is 3.44. The number of hydrogen-bond donors (Lipinski definition) is 1. The molecule has 0 fully saturated rings. The van der Waals surface area contributed by atoms with Gasteiger partial charge in [0.15, 0.2) is 10.8 Å². The van der Waals surface area contributed by atoms with E-state index in [1.807, 2.05) is 26.0 Å². The summed E-state index contributed by atoms with van der Waals surface area (Å²) in [5.74, 6) is -0.304. The van der Waals surface area contributed by atoms with E-state index in [-0.39, 0.29) is 29.5 Å². The Morgan fingerprint density at radius 3 is 2.77 bits per heavy atom. The number of benzene rings is 2. The highest BCUT2D eigenvalue weighted by molar-refractivity contribution is 7.99. The number of fused-ring (bicyclic) bond motifs is 2. The first kappa shape index (κ1) is 22.9.